The standard InChI is InChI=1S/C16H26OS/c1-15(2,3)18(7,16(4,5)6)14(17)13-11-9-8-10-12-13/h8-12H,1-7H3. The van der Waals surface area contributed by atoms with E-state index in [1.807, 2.05) is 30.3 Å². The zero-order valence-corrected chi connectivity index (χ0v) is 13.5. The van der Waals surface area contributed by atoms with Crippen LogP contribution in [0.15, 0.2) is 30.3 Å². The lowest BCUT2D eigenvalue weighted by Crippen LogP contribution is -2.42. The molecule has 0 aromatic heterocycles. The fraction of sp³-hybridized carbons (Fsp3) is 0.562. The molecule has 0 aliphatic heterocycles. The number of hydrogen-bond acceptors (Lipinski definition) is 1. The summed E-state index contributed by atoms with van der Waals surface area (Å²) in [5.74, 6) is 0. The van der Waals surface area contributed by atoms with Crippen molar-refractivity contribution in [3.63, 3.8) is 0 Å². The summed E-state index contributed by atoms with van der Waals surface area (Å²) in [5, 5.41) is 0.322. The van der Waals surface area contributed by atoms with Crippen molar-refractivity contribution in [2.45, 2.75) is 51.0 Å². The van der Waals surface area contributed by atoms with Gasteiger partial charge in [0, 0.05) is 5.56 Å². The first kappa shape index (κ1) is 15.3. The highest BCUT2D eigenvalue weighted by Crippen LogP contribution is 2.66. The van der Waals surface area contributed by atoms with Gasteiger partial charge >= 0.3 is 0 Å². The lowest BCUT2D eigenvalue weighted by atomic mass is 10.2. The molecular weight excluding hydrogens is 240 g/mol. The van der Waals surface area contributed by atoms with Gasteiger partial charge in [-0.1, -0.05) is 71.9 Å². The topological polar surface area (TPSA) is 17.1 Å². The molecule has 0 aliphatic rings. The van der Waals surface area contributed by atoms with Crippen molar-refractivity contribution in [1.82, 2.24) is 0 Å². The second kappa shape index (κ2) is 4.73. The fourth-order valence-electron chi connectivity index (χ4n) is 2.28. The van der Waals surface area contributed by atoms with Crippen molar-refractivity contribution in [3.8, 4) is 0 Å². The van der Waals surface area contributed by atoms with Crippen LogP contribution in [0.3, 0.4) is 0 Å². The Labute approximate surface area is 113 Å². The quantitative estimate of drug-likeness (QED) is 0.709. The van der Waals surface area contributed by atoms with Crippen molar-refractivity contribution in [3.05, 3.63) is 35.9 Å². The summed E-state index contributed by atoms with van der Waals surface area (Å²) in [6, 6.07) is 9.71. The molecule has 0 atom stereocenters. The average molecular weight is 266 g/mol. The van der Waals surface area contributed by atoms with Crippen molar-refractivity contribution < 1.29 is 4.79 Å². The monoisotopic (exact) mass is 266 g/mol. The maximum absolute atomic E-state index is 13.0. The molecule has 0 radical (unpaired) electrons. The molecule has 1 aromatic rings. The van der Waals surface area contributed by atoms with E-state index < -0.39 is 10.0 Å². The van der Waals surface area contributed by atoms with E-state index in [2.05, 4.69) is 47.8 Å². The van der Waals surface area contributed by atoms with Gasteiger partial charge in [0.1, 0.15) is 0 Å². The minimum atomic E-state index is -1.44. The molecule has 0 spiro atoms. The van der Waals surface area contributed by atoms with E-state index in [1.54, 1.807) is 0 Å². The van der Waals surface area contributed by atoms with Crippen molar-refractivity contribution in [1.29, 1.82) is 0 Å². The lowest BCUT2D eigenvalue weighted by Gasteiger charge is -2.55. The largest absolute Gasteiger partial charge is 0.283 e. The van der Waals surface area contributed by atoms with E-state index >= 15 is 0 Å². The van der Waals surface area contributed by atoms with Crippen molar-refractivity contribution >= 4 is 15.1 Å². The molecule has 0 fully saturated rings. The first-order valence-corrected chi connectivity index (χ1v) is 8.43. The molecule has 0 unspecified atom stereocenters. The van der Waals surface area contributed by atoms with Gasteiger partial charge < -0.3 is 0 Å². The fourth-order valence-corrected chi connectivity index (χ4v) is 5.84. The van der Waals surface area contributed by atoms with Crippen LogP contribution in [0.25, 0.3) is 0 Å². The van der Waals surface area contributed by atoms with E-state index in [9.17, 15) is 4.79 Å². The van der Waals surface area contributed by atoms with Crippen LogP contribution < -0.4 is 0 Å². The molecule has 1 nitrogen and oxygen atoms in total. The number of carbonyl (C=O) groups excluding carboxylic acids is 1. The first-order valence-electron chi connectivity index (χ1n) is 6.39. The van der Waals surface area contributed by atoms with Gasteiger partial charge in [-0.3, -0.25) is 4.79 Å². The molecule has 0 saturated carbocycles. The number of carbonyl (C=O) groups is 1. The predicted octanol–water partition coefficient (Wildman–Crippen LogP) is 4.86. The minimum absolute atomic E-state index is 0.00181. The van der Waals surface area contributed by atoms with Crippen LogP contribution in [0.1, 0.15) is 51.9 Å². The van der Waals surface area contributed by atoms with Gasteiger partial charge in [-0.2, -0.15) is 10.0 Å². The molecule has 102 valence electrons. The Kier molecular flexibility index (Phi) is 4.02. The van der Waals surface area contributed by atoms with Gasteiger partial charge in [0.05, 0.1) is 0 Å². The minimum Gasteiger partial charge on any atom is -0.283 e. The van der Waals surface area contributed by atoms with E-state index in [4.69, 9.17) is 0 Å². The zero-order valence-electron chi connectivity index (χ0n) is 12.7. The highest BCUT2D eigenvalue weighted by molar-refractivity contribution is 8.46. The third-order valence-electron chi connectivity index (χ3n) is 3.83. The zero-order chi connectivity index (χ0) is 14.2. The van der Waals surface area contributed by atoms with E-state index in [0.717, 1.165) is 5.56 Å². The van der Waals surface area contributed by atoms with Crippen LogP contribution in [0, 0.1) is 0 Å². The Morgan fingerprint density at radius 3 is 1.61 bits per heavy atom. The van der Waals surface area contributed by atoms with Gasteiger partial charge in [-0.25, -0.2) is 0 Å². The maximum Gasteiger partial charge on any atom is 0.203 e. The smallest absolute Gasteiger partial charge is 0.203 e. The number of rotatable bonds is 1. The van der Waals surface area contributed by atoms with Crippen LogP contribution in [0.5, 0.6) is 0 Å². The normalized spacial score (nSPS) is 14.4. The van der Waals surface area contributed by atoms with Gasteiger partial charge in [0.15, 0.2) is 0 Å². The van der Waals surface area contributed by atoms with E-state index in [1.165, 1.54) is 0 Å². The summed E-state index contributed by atoms with van der Waals surface area (Å²) in [6.45, 7) is 13.1. The Morgan fingerprint density at radius 1 is 0.889 bits per heavy atom. The summed E-state index contributed by atoms with van der Waals surface area (Å²) in [5.41, 5.74) is 0.847. The van der Waals surface area contributed by atoms with Crippen LogP contribution in [-0.2, 0) is 0 Å². The van der Waals surface area contributed by atoms with Crippen LogP contribution in [0.2, 0.25) is 0 Å². The predicted molar refractivity (Wildman–Crippen MR) is 83.8 cm³/mol. The van der Waals surface area contributed by atoms with Gasteiger partial charge in [0.2, 0.25) is 5.12 Å². The van der Waals surface area contributed by atoms with Gasteiger partial charge in [-0.15, -0.1) is 0 Å². The van der Waals surface area contributed by atoms with Gasteiger partial charge in [0.25, 0.3) is 0 Å². The van der Waals surface area contributed by atoms with Crippen molar-refractivity contribution in [2.24, 2.45) is 0 Å². The summed E-state index contributed by atoms with van der Waals surface area (Å²) < 4.78 is -0.00362. The van der Waals surface area contributed by atoms with Crippen LogP contribution in [0.4, 0.5) is 0 Å². The highest BCUT2D eigenvalue weighted by atomic mass is 32.3. The van der Waals surface area contributed by atoms with Gasteiger partial charge in [-0.05, 0) is 15.7 Å². The number of hydrogen-bond donors (Lipinski definition) is 0. The Morgan fingerprint density at radius 2 is 1.28 bits per heavy atom. The molecule has 2 heteroatoms. The third kappa shape index (κ3) is 2.49. The Hall–Kier alpha value is -0.760. The summed E-state index contributed by atoms with van der Waals surface area (Å²) >= 11 is 0. The van der Waals surface area contributed by atoms with E-state index in [0.29, 0.717) is 5.12 Å². The number of benzene rings is 1. The summed E-state index contributed by atoms with van der Waals surface area (Å²) in [4.78, 5) is 13.0. The molecule has 0 amide bonds. The Bertz CT molecular complexity index is 407. The second-order valence-corrected chi connectivity index (χ2v) is 11.5. The second-order valence-electron chi connectivity index (χ2n) is 6.80. The molecule has 18 heavy (non-hydrogen) atoms. The Balaban J connectivity index is 3.36. The molecule has 0 saturated heterocycles. The molecule has 1 rings (SSSR count). The first-order chi connectivity index (χ1) is 8.02. The molecule has 1 aromatic carbocycles. The molecule has 0 aliphatic carbocycles. The third-order valence-corrected chi connectivity index (χ3v) is 9.71. The average Bonchev–Trinajstić information content (AvgIpc) is 2.25. The summed E-state index contributed by atoms with van der Waals surface area (Å²) in [6.07, 6.45) is 2.18. The molecule has 0 heterocycles. The molecule has 0 N–H and O–H groups in total. The van der Waals surface area contributed by atoms with Crippen LogP contribution in [-0.4, -0.2) is 20.9 Å². The van der Waals surface area contributed by atoms with E-state index in [-0.39, 0.29) is 9.49 Å². The SMILES string of the molecule is CC(C)(C)S(C)(C(=O)c1ccccc1)C(C)(C)C. The molecular formula is C16H26OS. The highest BCUT2D eigenvalue weighted by Gasteiger charge is 2.47. The lowest BCUT2D eigenvalue weighted by molar-refractivity contribution is 0.108. The maximum atomic E-state index is 13.0. The molecule has 0 bridgehead atoms. The van der Waals surface area contributed by atoms with Crippen LogP contribution >= 0.6 is 10.0 Å². The van der Waals surface area contributed by atoms with Crippen molar-refractivity contribution in [2.75, 3.05) is 6.26 Å². The summed E-state index contributed by atoms with van der Waals surface area (Å²) in [7, 11) is -1.44.